The Morgan fingerprint density at radius 2 is 1.65 bits per heavy atom. The van der Waals surface area contributed by atoms with Crippen LogP contribution in [0.5, 0.6) is 0 Å². The van der Waals surface area contributed by atoms with Crippen LogP contribution in [0.4, 0.5) is 0 Å². The molecule has 2 N–H and O–H groups in total. The van der Waals surface area contributed by atoms with Gasteiger partial charge in [-0.05, 0) is 40.5 Å². The summed E-state index contributed by atoms with van der Waals surface area (Å²) in [5.41, 5.74) is 2.29. The number of fused-ring (bicyclic) bond motifs is 2. The van der Waals surface area contributed by atoms with Crippen LogP contribution >= 0.6 is 0 Å². The zero-order chi connectivity index (χ0) is 17.8. The number of sulfonamides is 1. The number of aliphatic hydroxyl groups excluding tert-OH is 1. The summed E-state index contributed by atoms with van der Waals surface area (Å²) in [6.45, 7) is 1.71. The molecule has 1 aliphatic rings. The Balaban J connectivity index is 0.00000196. The second kappa shape index (κ2) is 6.99. The van der Waals surface area contributed by atoms with Gasteiger partial charge in [0.1, 0.15) is 5.76 Å². The smallest absolute Gasteiger partial charge is 0.857 e. The topological polar surface area (TPSA) is 89.5 Å². The van der Waals surface area contributed by atoms with E-state index in [0.717, 1.165) is 21.9 Å². The molecule has 0 spiro atoms. The Morgan fingerprint density at radius 1 is 0.962 bits per heavy atom. The van der Waals surface area contributed by atoms with Crippen LogP contribution in [-0.4, -0.2) is 13.5 Å². The van der Waals surface area contributed by atoms with Gasteiger partial charge in [-0.2, -0.15) is 0 Å². The van der Waals surface area contributed by atoms with Gasteiger partial charge in [0.2, 0.25) is 0 Å². The van der Waals surface area contributed by atoms with Crippen LogP contribution in [0.3, 0.4) is 0 Å². The van der Waals surface area contributed by atoms with E-state index in [2.05, 4.69) is 0 Å². The Morgan fingerprint density at radius 3 is 2.42 bits per heavy atom. The van der Waals surface area contributed by atoms with Crippen molar-refractivity contribution in [1.82, 2.24) is 4.72 Å². The van der Waals surface area contributed by atoms with Gasteiger partial charge in [0, 0.05) is 11.4 Å². The Bertz CT molecular complexity index is 1160. The molecule has 0 aromatic heterocycles. The molecule has 4 rings (SSSR count). The van der Waals surface area contributed by atoms with Gasteiger partial charge < -0.3 is 10.2 Å². The molecule has 0 amide bonds. The number of rotatable bonds is 1. The first-order chi connectivity index (χ1) is 11.9. The molecule has 5 nitrogen and oxygen atoms in total. The maximum Gasteiger partial charge on any atom is 1.00 e. The van der Waals surface area contributed by atoms with Gasteiger partial charge in [-0.1, -0.05) is 48.5 Å². The van der Waals surface area contributed by atoms with Gasteiger partial charge in [-0.15, -0.1) is 0 Å². The first-order valence-electron chi connectivity index (χ1n) is 7.65. The molecule has 0 saturated heterocycles. The molecule has 7 heteroatoms. The average Bonchev–Trinajstić information content (AvgIpc) is 2.59. The molecule has 0 radical (unpaired) electrons. The summed E-state index contributed by atoms with van der Waals surface area (Å²) < 4.78 is 26.2. The van der Waals surface area contributed by atoms with Crippen molar-refractivity contribution in [2.75, 3.05) is 0 Å². The normalized spacial score (nSPS) is 15.1. The third kappa shape index (κ3) is 2.98. The zero-order valence-electron chi connectivity index (χ0n) is 14.3. The molecule has 0 fully saturated rings. The Kier molecular flexibility index (Phi) is 5.22. The minimum absolute atomic E-state index is 0. The van der Waals surface area contributed by atoms with Crippen molar-refractivity contribution in [2.45, 2.75) is 11.8 Å². The van der Waals surface area contributed by atoms with Gasteiger partial charge in [0.05, 0.1) is 4.90 Å². The average molecular weight is 391 g/mol. The molecule has 26 heavy (non-hydrogen) atoms. The number of hydrogen-bond acceptors (Lipinski definition) is 4. The van der Waals surface area contributed by atoms with Crippen molar-refractivity contribution < 1.29 is 70.0 Å². The van der Waals surface area contributed by atoms with Gasteiger partial charge in [-0.3, -0.25) is 4.72 Å². The molecule has 1 heterocycles. The second-order valence-corrected chi connectivity index (χ2v) is 7.57. The minimum atomic E-state index is -3.97. The SMILES string of the molecule is Cc1c(-c2cccc3ccccc23)ccc2c1C(O)=C([O-])NS2(=O)=O.[K+]. The molecule has 3 aromatic carbocycles. The predicted molar refractivity (Wildman–Crippen MR) is 94.0 cm³/mol. The summed E-state index contributed by atoms with van der Waals surface area (Å²) in [5.74, 6) is -1.59. The van der Waals surface area contributed by atoms with Crippen molar-refractivity contribution in [3.05, 3.63) is 71.6 Å². The second-order valence-electron chi connectivity index (χ2n) is 5.92. The maximum atomic E-state index is 12.2. The number of aliphatic hydroxyl groups is 1. The molecule has 3 aromatic rings. The maximum absolute atomic E-state index is 12.2. The summed E-state index contributed by atoms with van der Waals surface area (Å²) in [7, 11) is -3.97. The van der Waals surface area contributed by atoms with E-state index in [4.69, 9.17) is 0 Å². The molecule has 0 saturated carbocycles. The van der Waals surface area contributed by atoms with Crippen LogP contribution < -0.4 is 61.2 Å². The summed E-state index contributed by atoms with van der Waals surface area (Å²) in [6.07, 6.45) is 0. The molecule has 1 aliphatic heterocycles. The first kappa shape index (κ1) is 19.4. The van der Waals surface area contributed by atoms with Gasteiger partial charge in [0.15, 0.2) is 0 Å². The van der Waals surface area contributed by atoms with Gasteiger partial charge >= 0.3 is 51.4 Å². The predicted octanol–water partition coefficient (Wildman–Crippen LogP) is -0.344. The standard InChI is InChI=1S/C19H15NO4S.K/c1-11-13(15-8-4-6-12-5-2-3-7-14(12)15)9-10-16-17(11)18(21)19(22)20-25(16,23)24;/h2-10,20-22H,1H3;/q;+1/p-1. The third-order valence-corrected chi connectivity index (χ3v) is 5.85. The van der Waals surface area contributed by atoms with Crippen LogP contribution in [0.25, 0.3) is 27.7 Å². The summed E-state index contributed by atoms with van der Waals surface area (Å²) in [5, 5.41) is 24.0. The van der Waals surface area contributed by atoms with E-state index in [-0.39, 0.29) is 61.8 Å². The third-order valence-electron chi connectivity index (χ3n) is 4.48. The van der Waals surface area contributed by atoms with Crippen molar-refractivity contribution >= 4 is 26.6 Å². The zero-order valence-corrected chi connectivity index (χ0v) is 18.2. The van der Waals surface area contributed by atoms with Crippen molar-refractivity contribution in [3.8, 4) is 11.1 Å². The molecule has 0 atom stereocenters. The van der Waals surface area contributed by atoms with E-state index in [0.29, 0.717) is 5.56 Å². The van der Waals surface area contributed by atoms with Crippen LogP contribution in [0, 0.1) is 6.92 Å². The summed E-state index contributed by atoms with van der Waals surface area (Å²) in [6, 6.07) is 16.8. The van der Waals surface area contributed by atoms with E-state index < -0.39 is 21.7 Å². The first-order valence-corrected chi connectivity index (χ1v) is 9.13. The fourth-order valence-corrected chi connectivity index (χ4v) is 4.51. The van der Waals surface area contributed by atoms with Gasteiger partial charge in [-0.25, -0.2) is 8.42 Å². The number of nitrogens with one attached hydrogen (secondary N) is 1. The van der Waals surface area contributed by atoms with Crippen molar-refractivity contribution in [1.29, 1.82) is 0 Å². The Labute approximate surface area is 193 Å². The number of hydrogen-bond donors (Lipinski definition) is 2. The van der Waals surface area contributed by atoms with Crippen LogP contribution in [0.15, 0.2) is 65.4 Å². The summed E-state index contributed by atoms with van der Waals surface area (Å²) >= 11 is 0. The van der Waals surface area contributed by atoms with E-state index in [9.17, 15) is 18.6 Å². The fraction of sp³-hybridized carbons (Fsp3) is 0.0526. The van der Waals surface area contributed by atoms with Gasteiger partial charge in [0.25, 0.3) is 10.0 Å². The largest absolute Gasteiger partial charge is 1.00 e. The molecule has 0 unspecified atom stereocenters. The van der Waals surface area contributed by atoms with Crippen LogP contribution in [0.2, 0.25) is 0 Å². The van der Waals surface area contributed by atoms with Crippen molar-refractivity contribution in [3.63, 3.8) is 0 Å². The van der Waals surface area contributed by atoms with E-state index in [1.54, 1.807) is 13.0 Å². The molecule has 126 valence electrons. The summed E-state index contributed by atoms with van der Waals surface area (Å²) in [4.78, 5) is -0.0916. The van der Waals surface area contributed by atoms with E-state index in [1.165, 1.54) is 6.07 Å². The van der Waals surface area contributed by atoms with Crippen molar-refractivity contribution in [2.24, 2.45) is 0 Å². The number of benzene rings is 3. The molecule has 0 bridgehead atoms. The molecular formula is C19H14KNO4S. The molecular weight excluding hydrogens is 377 g/mol. The molecule has 0 aliphatic carbocycles. The van der Waals surface area contributed by atoms with E-state index in [1.807, 2.05) is 47.2 Å². The Hall–Kier alpha value is -1.35. The van der Waals surface area contributed by atoms with E-state index >= 15 is 0 Å². The van der Waals surface area contributed by atoms with Crippen LogP contribution in [-0.2, 0) is 10.0 Å². The monoisotopic (exact) mass is 391 g/mol. The minimum Gasteiger partial charge on any atom is -0.857 e. The quantitative estimate of drug-likeness (QED) is 0.555. The fourth-order valence-electron chi connectivity index (χ4n) is 3.30. The van der Waals surface area contributed by atoms with Crippen LogP contribution in [0.1, 0.15) is 11.1 Å².